The first-order valence-electron chi connectivity index (χ1n) is 6.23. The molecule has 0 aromatic heterocycles. The van der Waals surface area contributed by atoms with E-state index in [1.54, 1.807) is 13.0 Å². The summed E-state index contributed by atoms with van der Waals surface area (Å²) in [4.78, 5) is 11.2. The Labute approximate surface area is 124 Å². The molecule has 0 bridgehead atoms. The predicted molar refractivity (Wildman–Crippen MR) is 76.6 cm³/mol. The van der Waals surface area contributed by atoms with Crippen molar-refractivity contribution in [2.45, 2.75) is 18.2 Å². The molecule has 0 saturated heterocycles. The van der Waals surface area contributed by atoms with Crippen molar-refractivity contribution < 1.29 is 17.9 Å². The molecule has 0 heterocycles. The van der Waals surface area contributed by atoms with Crippen LogP contribution >= 0.6 is 0 Å². The number of carbonyl (C=O) groups is 1. The van der Waals surface area contributed by atoms with Crippen LogP contribution in [0.5, 0.6) is 0 Å². The van der Waals surface area contributed by atoms with Gasteiger partial charge in [-0.1, -0.05) is 6.92 Å². The van der Waals surface area contributed by atoms with Crippen LogP contribution < -0.4 is 5.73 Å². The molecular formula is C13H17N3O4S. The van der Waals surface area contributed by atoms with Gasteiger partial charge in [0.1, 0.15) is 17.5 Å². The molecule has 0 spiro atoms. The fourth-order valence-electron chi connectivity index (χ4n) is 1.74. The minimum Gasteiger partial charge on any atom is -0.468 e. The highest BCUT2D eigenvalue weighted by Crippen LogP contribution is 2.22. The smallest absolute Gasteiger partial charge is 0.321 e. The van der Waals surface area contributed by atoms with Crippen molar-refractivity contribution in [3.8, 4) is 6.07 Å². The van der Waals surface area contributed by atoms with E-state index >= 15 is 0 Å². The molecule has 0 unspecified atom stereocenters. The number of methoxy groups -OCH3 is 1. The zero-order valence-electron chi connectivity index (χ0n) is 11.9. The zero-order valence-corrected chi connectivity index (χ0v) is 12.7. The first-order valence-corrected chi connectivity index (χ1v) is 7.67. The molecule has 0 fully saturated rings. The van der Waals surface area contributed by atoms with E-state index in [0.717, 1.165) is 4.31 Å². The summed E-state index contributed by atoms with van der Waals surface area (Å²) in [6.45, 7) is 1.53. The highest BCUT2D eigenvalue weighted by atomic mass is 32.2. The van der Waals surface area contributed by atoms with Crippen LogP contribution in [0.15, 0.2) is 23.1 Å². The number of nitrogens with two attached hydrogens (primary N) is 1. The van der Waals surface area contributed by atoms with Crippen molar-refractivity contribution in [1.29, 1.82) is 5.26 Å². The van der Waals surface area contributed by atoms with Crippen LogP contribution in [0.4, 0.5) is 5.69 Å². The summed E-state index contributed by atoms with van der Waals surface area (Å²) in [5.74, 6) is -0.666. The molecule has 0 aliphatic carbocycles. The summed E-state index contributed by atoms with van der Waals surface area (Å²) in [6, 6.07) is 5.76. The number of benzene rings is 1. The molecular weight excluding hydrogens is 294 g/mol. The number of hydrogen-bond acceptors (Lipinski definition) is 6. The number of anilines is 1. The topological polar surface area (TPSA) is 113 Å². The van der Waals surface area contributed by atoms with E-state index in [2.05, 4.69) is 4.74 Å². The third-order valence-corrected chi connectivity index (χ3v) is 4.65. The van der Waals surface area contributed by atoms with E-state index in [1.807, 2.05) is 0 Å². The molecule has 0 aliphatic heterocycles. The van der Waals surface area contributed by atoms with Crippen molar-refractivity contribution in [2.24, 2.45) is 0 Å². The number of ether oxygens (including phenoxy) is 1. The van der Waals surface area contributed by atoms with Gasteiger partial charge in [-0.25, -0.2) is 8.42 Å². The Morgan fingerprint density at radius 3 is 2.67 bits per heavy atom. The van der Waals surface area contributed by atoms with Gasteiger partial charge in [0.15, 0.2) is 0 Å². The number of nitrogen functional groups attached to an aromatic ring is 1. The number of nitriles is 1. The summed E-state index contributed by atoms with van der Waals surface area (Å²) in [6.07, 6.45) is 0.521. The molecule has 8 heteroatoms. The molecule has 0 amide bonds. The first-order chi connectivity index (χ1) is 9.86. The Bertz CT molecular complexity index is 664. The number of rotatable bonds is 6. The van der Waals surface area contributed by atoms with Gasteiger partial charge in [-0.2, -0.15) is 9.57 Å². The molecule has 1 aromatic rings. The fourth-order valence-corrected chi connectivity index (χ4v) is 3.34. The molecule has 0 radical (unpaired) electrons. The van der Waals surface area contributed by atoms with Crippen molar-refractivity contribution >= 4 is 21.7 Å². The molecule has 21 heavy (non-hydrogen) atoms. The Hall–Kier alpha value is -2.11. The van der Waals surface area contributed by atoms with Crippen LogP contribution in [0, 0.1) is 11.3 Å². The van der Waals surface area contributed by atoms with Gasteiger partial charge in [-0.05, 0) is 24.6 Å². The van der Waals surface area contributed by atoms with Crippen molar-refractivity contribution in [3.05, 3.63) is 23.8 Å². The minimum atomic E-state index is -3.97. The number of esters is 1. The van der Waals surface area contributed by atoms with E-state index in [0.29, 0.717) is 12.1 Å². The summed E-state index contributed by atoms with van der Waals surface area (Å²) >= 11 is 0. The summed E-state index contributed by atoms with van der Waals surface area (Å²) in [7, 11) is -2.79. The van der Waals surface area contributed by atoms with Gasteiger partial charge in [-0.15, -0.1) is 0 Å². The van der Waals surface area contributed by atoms with Gasteiger partial charge in [0, 0.05) is 12.2 Å². The van der Waals surface area contributed by atoms with Crippen LogP contribution in [-0.2, 0) is 19.6 Å². The number of hydrogen-bond donors (Lipinski definition) is 1. The van der Waals surface area contributed by atoms with Crippen molar-refractivity contribution in [1.82, 2.24) is 4.31 Å². The number of sulfonamides is 1. The largest absolute Gasteiger partial charge is 0.468 e. The van der Waals surface area contributed by atoms with Gasteiger partial charge >= 0.3 is 5.97 Å². The van der Waals surface area contributed by atoms with Crippen molar-refractivity contribution in [2.75, 3.05) is 25.9 Å². The quantitative estimate of drug-likeness (QED) is 0.611. The monoisotopic (exact) mass is 311 g/mol. The normalized spacial score (nSPS) is 11.1. The lowest BCUT2D eigenvalue weighted by molar-refractivity contribution is -0.140. The second-order valence-corrected chi connectivity index (χ2v) is 6.19. The standard InChI is InChI=1S/C13H17N3O4S/c1-3-6-16(9-13(17)20-2)21(18,19)12-5-4-11(15)7-10(12)8-14/h4-5,7H,3,6,9,15H2,1-2H3. The molecule has 114 valence electrons. The zero-order chi connectivity index (χ0) is 16.0. The lowest BCUT2D eigenvalue weighted by Gasteiger charge is -2.21. The predicted octanol–water partition coefficient (Wildman–Crippen LogP) is 0.714. The van der Waals surface area contributed by atoms with Gasteiger partial charge < -0.3 is 10.5 Å². The Kier molecular flexibility index (Phi) is 5.69. The van der Waals surface area contributed by atoms with Crippen LogP contribution in [0.3, 0.4) is 0 Å². The summed E-state index contributed by atoms with van der Waals surface area (Å²) in [5, 5.41) is 9.07. The molecule has 2 N–H and O–H groups in total. The van der Waals surface area contributed by atoms with Crippen LogP contribution in [-0.4, -0.2) is 38.9 Å². The number of nitrogens with zero attached hydrogens (tertiary/aromatic N) is 2. The molecule has 0 saturated carbocycles. The third kappa shape index (κ3) is 3.93. The lowest BCUT2D eigenvalue weighted by atomic mass is 10.2. The van der Waals surface area contributed by atoms with Crippen LogP contribution in [0.2, 0.25) is 0 Å². The van der Waals surface area contributed by atoms with Crippen LogP contribution in [0.1, 0.15) is 18.9 Å². The molecule has 0 aliphatic rings. The average Bonchev–Trinajstić information content (AvgIpc) is 2.46. The van der Waals surface area contributed by atoms with Gasteiger partial charge in [0.2, 0.25) is 10.0 Å². The Morgan fingerprint density at radius 1 is 1.48 bits per heavy atom. The summed E-state index contributed by atoms with van der Waals surface area (Å²) in [5.41, 5.74) is 5.79. The molecule has 0 atom stereocenters. The van der Waals surface area contributed by atoms with Gasteiger partial charge in [-0.3, -0.25) is 4.79 Å². The molecule has 7 nitrogen and oxygen atoms in total. The molecule has 1 rings (SSSR count). The summed E-state index contributed by atoms with van der Waals surface area (Å²) < 4.78 is 30.7. The van der Waals surface area contributed by atoms with Gasteiger partial charge in [0.05, 0.1) is 12.7 Å². The van der Waals surface area contributed by atoms with Crippen LogP contribution in [0.25, 0.3) is 0 Å². The van der Waals surface area contributed by atoms with E-state index < -0.39 is 22.5 Å². The van der Waals surface area contributed by atoms with E-state index in [1.165, 1.54) is 25.3 Å². The van der Waals surface area contributed by atoms with E-state index in [9.17, 15) is 13.2 Å². The van der Waals surface area contributed by atoms with Crippen molar-refractivity contribution in [3.63, 3.8) is 0 Å². The maximum absolute atomic E-state index is 12.6. The van der Waals surface area contributed by atoms with Gasteiger partial charge in [0.25, 0.3) is 0 Å². The Morgan fingerprint density at radius 2 is 2.14 bits per heavy atom. The Balaban J connectivity index is 3.29. The highest BCUT2D eigenvalue weighted by molar-refractivity contribution is 7.89. The second-order valence-electron chi connectivity index (χ2n) is 4.28. The second kappa shape index (κ2) is 7.06. The van der Waals surface area contributed by atoms with E-state index in [-0.39, 0.29) is 17.0 Å². The lowest BCUT2D eigenvalue weighted by Crippen LogP contribution is -2.37. The van der Waals surface area contributed by atoms with E-state index in [4.69, 9.17) is 11.0 Å². The maximum atomic E-state index is 12.6. The minimum absolute atomic E-state index is 0.0547. The maximum Gasteiger partial charge on any atom is 0.321 e. The average molecular weight is 311 g/mol. The number of carbonyl (C=O) groups excluding carboxylic acids is 1. The SMILES string of the molecule is CCCN(CC(=O)OC)S(=O)(=O)c1ccc(N)cc1C#N. The molecule has 1 aromatic carbocycles. The fraction of sp³-hybridized carbons (Fsp3) is 0.385. The third-order valence-electron chi connectivity index (χ3n) is 2.75. The highest BCUT2D eigenvalue weighted by Gasteiger charge is 2.28. The first kappa shape index (κ1) is 16.9.